The third kappa shape index (κ3) is 3.56. The quantitative estimate of drug-likeness (QED) is 0.645. The number of nitrogens with zero attached hydrogens (tertiary/aromatic N) is 1. The first-order valence-electron chi connectivity index (χ1n) is 7.59. The third-order valence-electron chi connectivity index (χ3n) is 4.09. The lowest BCUT2D eigenvalue weighted by Crippen LogP contribution is -2.20. The Kier molecular flexibility index (Phi) is 5.37. The fraction of sp³-hybridized carbons (Fsp3) is 0.316. The van der Waals surface area contributed by atoms with E-state index in [1.807, 2.05) is 24.4 Å². The number of phenolic OH excluding ortho intramolecular Hbond substituents is 1. The molecule has 2 unspecified atom stereocenters. The van der Waals surface area contributed by atoms with E-state index < -0.39 is 0 Å². The first-order valence-corrected chi connectivity index (χ1v) is 8.59. The Morgan fingerprint density at radius 2 is 1.95 bits per heavy atom. The van der Waals surface area contributed by atoms with E-state index in [1.165, 1.54) is 16.4 Å². The summed E-state index contributed by atoms with van der Waals surface area (Å²) in [5.41, 5.74) is 3.44. The van der Waals surface area contributed by atoms with Crippen molar-refractivity contribution < 1.29 is 5.11 Å². The van der Waals surface area contributed by atoms with Crippen LogP contribution in [0.15, 0.2) is 47.5 Å². The minimum absolute atomic E-state index is 0.0725. The number of aryl methyl sites for hydroxylation is 1. The predicted octanol–water partition coefficient (Wildman–Crippen LogP) is 4.38. The van der Waals surface area contributed by atoms with Gasteiger partial charge in [0.05, 0.1) is 0 Å². The van der Waals surface area contributed by atoms with Crippen LogP contribution in [-0.2, 0) is 5.16 Å². The molecule has 0 saturated carbocycles. The van der Waals surface area contributed by atoms with Crippen molar-refractivity contribution in [2.75, 3.05) is 7.05 Å². The predicted molar refractivity (Wildman–Crippen MR) is 98.4 cm³/mol. The average Bonchev–Trinajstić information content (AvgIpc) is 2.50. The van der Waals surface area contributed by atoms with Gasteiger partial charge in [0, 0.05) is 24.0 Å². The number of hydrogen-bond donors (Lipinski definition) is 1. The Labute approximate surface area is 135 Å². The van der Waals surface area contributed by atoms with E-state index in [1.54, 1.807) is 13.1 Å². The van der Waals surface area contributed by atoms with Gasteiger partial charge in [0.2, 0.25) is 0 Å². The summed E-state index contributed by atoms with van der Waals surface area (Å²) in [7, 11) is 2.38. The zero-order valence-corrected chi connectivity index (χ0v) is 14.7. The van der Waals surface area contributed by atoms with Gasteiger partial charge in [-0.2, -0.15) is 0 Å². The lowest BCUT2D eigenvalue weighted by Gasteiger charge is -2.30. The van der Waals surface area contributed by atoms with Crippen molar-refractivity contribution in [3.05, 3.63) is 59.2 Å². The summed E-state index contributed by atoms with van der Waals surface area (Å²) in [5, 5.41) is 11.5. The van der Waals surface area contributed by atoms with Crippen LogP contribution in [0.5, 0.6) is 5.75 Å². The molecule has 2 atom stereocenters. The molecule has 116 valence electrons. The lowest BCUT2D eigenvalue weighted by atomic mass is 9.96. The van der Waals surface area contributed by atoms with E-state index in [9.17, 15) is 5.11 Å². The van der Waals surface area contributed by atoms with Crippen LogP contribution in [-0.4, -0.2) is 18.4 Å². The van der Waals surface area contributed by atoms with Gasteiger partial charge < -0.3 is 5.11 Å². The molecule has 0 radical (unpaired) electrons. The Balaban J connectivity index is 2.45. The van der Waals surface area contributed by atoms with Crippen molar-refractivity contribution in [1.82, 2.24) is 0 Å². The maximum atomic E-state index is 10.3. The van der Waals surface area contributed by atoms with Gasteiger partial charge >= 0.3 is 0 Å². The maximum Gasteiger partial charge on any atom is 0.119 e. The third-order valence-corrected chi connectivity index (χ3v) is 5.99. The fourth-order valence-electron chi connectivity index (χ4n) is 2.63. The van der Waals surface area contributed by atoms with Crippen LogP contribution in [0.25, 0.3) is 0 Å². The molecular formula is C19H24NOP. The summed E-state index contributed by atoms with van der Waals surface area (Å²) in [5.74, 6) is 0.386. The van der Waals surface area contributed by atoms with E-state index in [4.69, 9.17) is 0 Å². The number of phenols is 1. The number of benzene rings is 2. The van der Waals surface area contributed by atoms with E-state index in [0.717, 1.165) is 12.0 Å². The second-order valence-corrected chi connectivity index (χ2v) is 7.70. The van der Waals surface area contributed by atoms with Gasteiger partial charge in [-0.15, -0.1) is 0 Å². The zero-order valence-electron chi connectivity index (χ0n) is 13.7. The van der Waals surface area contributed by atoms with Crippen LogP contribution >= 0.6 is 8.58 Å². The molecule has 0 heterocycles. The molecule has 0 amide bonds. The maximum absolute atomic E-state index is 10.3. The Bertz CT molecular complexity index is 681. The molecule has 2 rings (SSSR count). The minimum Gasteiger partial charge on any atom is -0.508 e. The fourth-order valence-corrected chi connectivity index (χ4v) is 4.19. The summed E-state index contributed by atoms with van der Waals surface area (Å²) in [6, 6.07) is 14.2. The molecule has 0 saturated heterocycles. The molecule has 0 spiro atoms. The van der Waals surface area contributed by atoms with Gasteiger partial charge in [0.25, 0.3) is 0 Å². The highest BCUT2D eigenvalue weighted by atomic mass is 31.1. The topological polar surface area (TPSA) is 32.6 Å². The normalized spacial score (nSPS) is 14.7. The van der Waals surface area contributed by atoms with Gasteiger partial charge in [-0.3, -0.25) is 4.99 Å². The second kappa shape index (κ2) is 7.07. The number of para-hydroxylation sites is 1. The largest absolute Gasteiger partial charge is 0.508 e. The molecule has 0 bridgehead atoms. The highest BCUT2D eigenvalue weighted by molar-refractivity contribution is 7.48. The van der Waals surface area contributed by atoms with Crippen molar-refractivity contribution in [3.63, 3.8) is 0 Å². The van der Waals surface area contributed by atoms with E-state index >= 15 is 0 Å². The molecule has 2 nitrogen and oxygen atoms in total. The summed E-state index contributed by atoms with van der Waals surface area (Å²) in [6.45, 7) is 6.51. The van der Waals surface area contributed by atoms with Crippen LogP contribution in [0, 0.1) is 6.92 Å². The Morgan fingerprint density at radius 1 is 1.23 bits per heavy atom. The van der Waals surface area contributed by atoms with Crippen LogP contribution in [0.4, 0.5) is 0 Å². The molecule has 0 fully saturated rings. The SMILES string of the molecule is CCC(C)(Pc1ccc(C)cc1C=NC)c1ccccc1O. The molecule has 3 heteroatoms. The number of aliphatic imine (C=N–C) groups is 1. The highest BCUT2D eigenvalue weighted by Crippen LogP contribution is 2.47. The van der Waals surface area contributed by atoms with E-state index in [0.29, 0.717) is 14.3 Å². The first kappa shape index (κ1) is 16.7. The molecular weight excluding hydrogens is 289 g/mol. The summed E-state index contributed by atoms with van der Waals surface area (Å²) >= 11 is 0. The molecule has 0 aliphatic carbocycles. The van der Waals surface area contributed by atoms with Crippen LogP contribution in [0.2, 0.25) is 0 Å². The summed E-state index contributed by atoms with van der Waals surface area (Å²) in [6.07, 6.45) is 2.90. The molecule has 0 aliphatic rings. The van der Waals surface area contributed by atoms with Gasteiger partial charge in [0.1, 0.15) is 5.75 Å². The lowest BCUT2D eigenvalue weighted by molar-refractivity contribution is 0.457. The van der Waals surface area contributed by atoms with Gasteiger partial charge in [0.15, 0.2) is 0 Å². The molecule has 2 aromatic carbocycles. The monoisotopic (exact) mass is 313 g/mol. The van der Waals surface area contributed by atoms with Crippen molar-refractivity contribution in [3.8, 4) is 5.75 Å². The summed E-state index contributed by atoms with van der Waals surface area (Å²) < 4.78 is 0. The molecule has 0 aromatic heterocycles. The average molecular weight is 313 g/mol. The van der Waals surface area contributed by atoms with Gasteiger partial charge in [-0.05, 0) is 36.3 Å². The molecule has 2 aromatic rings. The smallest absolute Gasteiger partial charge is 0.119 e. The molecule has 22 heavy (non-hydrogen) atoms. The van der Waals surface area contributed by atoms with E-state index in [2.05, 4.69) is 44.0 Å². The van der Waals surface area contributed by atoms with Crippen molar-refractivity contribution in [2.45, 2.75) is 32.3 Å². The van der Waals surface area contributed by atoms with Crippen molar-refractivity contribution in [1.29, 1.82) is 0 Å². The van der Waals surface area contributed by atoms with E-state index in [-0.39, 0.29) is 5.16 Å². The van der Waals surface area contributed by atoms with Gasteiger partial charge in [-0.25, -0.2) is 0 Å². The van der Waals surface area contributed by atoms with Gasteiger partial charge in [-0.1, -0.05) is 58.3 Å². The minimum atomic E-state index is -0.0725. The van der Waals surface area contributed by atoms with Crippen molar-refractivity contribution >= 4 is 20.1 Å². The zero-order chi connectivity index (χ0) is 16.2. The number of aromatic hydroxyl groups is 1. The molecule has 1 N–H and O–H groups in total. The second-order valence-electron chi connectivity index (χ2n) is 5.81. The standard InChI is InChI=1S/C19H24NOP/c1-5-19(3,16-8-6-7-9-17(16)21)22-18-11-10-14(2)12-15(18)13-20-4/h6-13,21-22H,5H2,1-4H3. The highest BCUT2D eigenvalue weighted by Gasteiger charge is 2.28. The molecule has 0 aliphatic heterocycles. The first-order chi connectivity index (χ1) is 10.5. The summed E-state index contributed by atoms with van der Waals surface area (Å²) in [4.78, 5) is 4.18. The number of rotatable bonds is 5. The van der Waals surface area contributed by atoms with Crippen LogP contribution < -0.4 is 5.30 Å². The Morgan fingerprint density at radius 3 is 2.59 bits per heavy atom. The van der Waals surface area contributed by atoms with Crippen molar-refractivity contribution in [2.24, 2.45) is 4.99 Å². The van der Waals surface area contributed by atoms with Crippen LogP contribution in [0.3, 0.4) is 0 Å². The Hall–Kier alpha value is -1.66. The number of hydrogen-bond acceptors (Lipinski definition) is 2. The van der Waals surface area contributed by atoms with Crippen LogP contribution in [0.1, 0.15) is 37.0 Å².